The Morgan fingerprint density at radius 3 is 2.12 bits per heavy atom. The highest BCUT2D eigenvalue weighted by atomic mass is 19.1. The minimum Gasteiger partial charge on any atom is -0.467 e. The molecule has 2 bridgehead atoms. The van der Waals surface area contributed by atoms with Crippen LogP contribution in [0.4, 0.5) is 4.39 Å². The molecule has 1 saturated heterocycles. The Bertz CT molecular complexity index is 1200. The summed E-state index contributed by atoms with van der Waals surface area (Å²) < 4.78 is 40.6. The molecular formula is C34H48BFO4. The van der Waals surface area contributed by atoms with E-state index in [0.29, 0.717) is 23.5 Å². The van der Waals surface area contributed by atoms with Gasteiger partial charge in [-0.3, -0.25) is 0 Å². The maximum absolute atomic E-state index is 15.7. The molecule has 0 spiro atoms. The molecule has 2 atom stereocenters. The number of ether oxygens (including phenoxy) is 2. The zero-order valence-electron chi connectivity index (χ0n) is 26.0. The first-order valence-electron chi connectivity index (χ1n) is 15.2. The van der Waals surface area contributed by atoms with Crippen LogP contribution in [0.25, 0.3) is 11.1 Å². The van der Waals surface area contributed by atoms with Crippen LogP contribution in [-0.4, -0.2) is 32.2 Å². The van der Waals surface area contributed by atoms with E-state index in [2.05, 4.69) is 73.6 Å². The molecule has 1 heterocycles. The highest BCUT2D eigenvalue weighted by Crippen LogP contribution is 2.54. The third-order valence-corrected chi connectivity index (χ3v) is 10.2. The van der Waals surface area contributed by atoms with Crippen molar-refractivity contribution in [2.24, 2.45) is 17.8 Å². The minimum absolute atomic E-state index is 0.0987. The Balaban J connectivity index is 1.67. The molecule has 40 heavy (non-hydrogen) atoms. The van der Waals surface area contributed by atoms with E-state index < -0.39 is 18.3 Å². The second-order valence-electron chi connectivity index (χ2n) is 14.5. The SMILES string of the molecule is COCOc1c(-c2ccc(C(C)C)cc2B2OC(C)(C)C(C)(C)O2)cc(F)cc1C1(C)CC2CC(C)CC(C2)C1. The van der Waals surface area contributed by atoms with Crippen molar-refractivity contribution in [1.29, 1.82) is 0 Å². The second-order valence-corrected chi connectivity index (χ2v) is 14.5. The third-order valence-electron chi connectivity index (χ3n) is 10.2. The van der Waals surface area contributed by atoms with Crippen LogP contribution in [-0.2, 0) is 19.5 Å². The molecule has 0 N–H and O–H groups in total. The Morgan fingerprint density at radius 1 is 0.925 bits per heavy atom. The largest absolute Gasteiger partial charge is 0.495 e. The molecule has 0 aromatic heterocycles. The average Bonchev–Trinajstić information content (AvgIpc) is 3.07. The lowest BCUT2D eigenvalue weighted by atomic mass is 9.57. The maximum Gasteiger partial charge on any atom is 0.495 e. The first-order valence-corrected chi connectivity index (χ1v) is 15.2. The van der Waals surface area contributed by atoms with E-state index in [9.17, 15) is 0 Å². The van der Waals surface area contributed by atoms with Crippen LogP contribution < -0.4 is 10.2 Å². The van der Waals surface area contributed by atoms with Crippen LogP contribution in [0.5, 0.6) is 5.75 Å². The summed E-state index contributed by atoms with van der Waals surface area (Å²) in [6, 6.07) is 9.72. The van der Waals surface area contributed by atoms with Gasteiger partial charge in [-0.05, 0) is 118 Å². The van der Waals surface area contributed by atoms with Gasteiger partial charge in [-0.25, -0.2) is 4.39 Å². The van der Waals surface area contributed by atoms with Crippen molar-refractivity contribution in [3.05, 3.63) is 47.3 Å². The molecule has 6 heteroatoms. The van der Waals surface area contributed by atoms with E-state index in [1.807, 2.05) is 0 Å². The van der Waals surface area contributed by atoms with Crippen molar-refractivity contribution in [1.82, 2.24) is 0 Å². The lowest BCUT2D eigenvalue weighted by Gasteiger charge is -2.48. The summed E-state index contributed by atoms with van der Waals surface area (Å²) in [6.45, 7) is 17.4. The average molecular weight is 551 g/mol. The Morgan fingerprint density at radius 2 is 1.55 bits per heavy atom. The van der Waals surface area contributed by atoms with Gasteiger partial charge in [0, 0.05) is 18.2 Å². The van der Waals surface area contributed by atoms with Gasteiger partial charge in [-0.1, -0.05) is 45.9 Å². The van der Waals surface area contributed by atoms with Gasteiger partial charge in [0.25, 0.3) is 0 Å². The number of halogens is 1. The summed E-state index contributed by atoms with van der Waals surface area (Å²) >= 11 is 0. The lowest BCUT2D eigenvalue weighted by molar-refractivity contribution is 0.00578. The van der Waals surface area contributed by atoms with Gasteiger partial charge in [0.05, 0.1) is 11.2 Å². The van der Waals surface area contributed by atoms with E-state index in [0.717, 1.165) is 40.9 Å². The van der Waals surface area contributed by atoms with Crippen molar-refractivity contribution in [2.45, 2.75) is 110 Å². The van der Waals surface area contributed by atoms with Gasteiger partial charge in [-0.15, -0.1) is 0 Å². The van der Waals surface area contributed by atoms with Crippen LogP contribution in [0, 0.1) is 23.6 Å². The van der Waals surface area contributed by atoms with Gasteiger partial charge in [0.1, 0.15) is 11.6 Å². The molecule has 2 aromatic rings. The van der Waals surface area contributed by atoms with E-state index in [-0.39, 0.29) is 18.0 Å². The maximum atomic E-state index is 15.7. The van der Waals surface area contributed by atoms with Gasteiger partial charge >= 0.3 is 7.12 Å². The highest BCUT2D eigenvalue weighted by Gasteiger charge is 2.52. The summed E-state index contributed by atoms with van der Waals surface area (Å²) in [6.07, 6.45) is 5.91. The van der Waals surface area contributed by atoms with Crippen molar-refractivity contribution in [3.63, 3.8) is 0 Å². The number of methoxy groups -OCH3 is 1. The number of hydrogen-bond acceptors (Lipinski definition) is 4. The minimum atomic E-state index is -0.577. The molecule has 2 saturated carbocycles. The standard InChI is InChI=1S/C34H48BFO4/c1-21(2)25-10-11-27(30(15-25)35-39-32(4,5)33(6,7)40-35)28-16-26(36)17-29(31(28)38-20-37-9)34(8)18-23-12-22(3)13-24(14-23)19-34/h10-11,15-17,21-24H,12-14,18-20H2,1-9H3. The number of benzene rings is 2. The van der Waals surface area contributed by atoms with Gasteiger partial charge in [-0.2, -0.15) is 0 Å². The zero-order chi connectivity index (χ0) is 29.0. The lowest BCUT2D eigenvalue weighted by Crippen LogP contribution is -2.41. The van der Waals surface area contributed by atoms with Crippen LogP contribution >= 0.6 is 0 Å². The smallest absolute Gasteiger partial charge is 0.467 e. The fourth-order valence-corrected chi connectivity index (χ4v) is 7.68. The molecule has 3 aliphatic rings. The van der Waals surface area contributed by atoms with Crippen molar-refractivity contribution < 1.29 is 23.2 Å². The van der Waals surface area contributed by atoms with E-state index >= 15 is 4.39 Å². The first-order chi connectivity index (χ1) is 18.7. The molecule has 1 aliphatic heterocycles. The molecule has 0 amide bonds. The highest BCUT2D eigenvalue weighted by molar-refractivity contribution is 6.64. The molecule has 3 fully saturated rings. The monoisotopic (exact) mass is 550 g/mol. The Hall–Kier alpha value is -1.89. The Kier molecular flexibility index (Phi) is 7.95. The molecule has 2 unspecified atom stereocenters. The molecular weight excluding hydrogens is 502 g/mol. The van der Waals surface area contributed by atoms with Crippen molar-refractivity contribution >= 4 is 12.6 Å². The van der Waals surface area contributed by atoms with Crippen molar-refractivity contribution in [2.75, 3.05) is 13.9 Å². The second kappa shape index (κ2) is 10.7. The topological polar surface area (TPSA) is 36.9 Å². The number of hydrogen-bond donors (Lipinski definition) is 0. The van der Waals surface area contributed by atoms with Crippen LogP contribution in [0.3, 0.4) is 0 Å². The number of rotatable bonds is 7. The van der Waals surface area contributed by atoms with Crippen LogP contribution in [0.2, 0.25) is 0 Å². The quantitative estimate of drug-likeness (QED) is 0.259. The fourth-order valence-electron chi connectivity index (χ4n) is 7.68. The predicted molar refractivity (Wildman–Crippen MR) is 161 cm³/mol. The number of fused-ring (bicyclic) bond motifs is 2. The third kappa shape index (κ3) is 5.48. The summed E-state index contributed by atoms with van der Waals surface area (Å²) in [7, 11) is 1.05. The van der Waals surface area contributed by atoms with E-state index in [1.54, 1.807) is 19.2 Å². The van der Waals surface area contributed by atoms with Crippen LogP contribution in [0.1, 0.15) is 105 Å². The zero-order valence-corrected chi connectivity index (χ0v) is 26.0. The normalized spacial score (nSPS) is 29.2. The molecule has 0 radical (unpaired) electrons. The van der Waals surface area contributed by atoms with Gasteiger partial charge < -0.3 is 18.8 Å². The molecule has 2 aliphatic carbocycles. The molecule has 218 valence electrons. The summed E-state index contributed by atoms with van der Waals surface area (Å²) in [4.78, 5) is 0. The summed E-state index contributed by atoms with van der Waals surface area (Å²) in [5.74, 6) is 2.90. The fraction of sp³-hybridized carbons (Fsp3) is 0.647. The van der Waals surface area contributed by atoms with Gasteiger partial charge in [0.15, 0.2) is 6.79 Å². The first kappa shape index (κ1) is 29.6. The van der Waals surface area contributed by atoms with Crippen molar-refractivity contribution in [3.8, 4) is 16.9 Å². The predicted octanol–water partition coefficient (Wildman–Crippen LogP) is 8.00. The Labute approximate surface area is 241 Å². The molecule has 4 nitrogen and oxygen atoms in total. The van der Waals surface area contributed by atoms with Crippen LogP contribution in [0.15, 0.2) is 30.3 Å². The van der Waals surface area contributed by atoms with E-state index in [1.165, 1.54) is 24.8 Å². The molecule has 5 rings (SSSR count). The summed E-state index contributed by atoms with van der Waals surface area (Å²) in [5.41, 5.74) is 3.51. The summed E-state index contributed by atoms with van der Waals surface area (Å²) in [5, 5.41) is 0. The van der Waals surface area contributed by atoms with Gasteiger partial charge in [0.2, 0.25) is 0 Å². The molecule has 2 aromatic carbocycles. The van der Waals surface area contributed by atoms with E-state index in [4.69, 9.17) is 18.8 Å².